The molecule has 9 heteroatoms. The Morgan fingerprint density at radius 2 is 1.82 bits per heavy atom. The summed E-state index contributed by atoms with van der Waals surface area (Å²) in [4.78, 5) is 48.8. The molecule has 1 atom stereocenters. The number of alkyl carbamates (subject to hydrolysis) is 2. The Balaban J connectivity index is 1.73. The van der Waals surface area contributed by atoms with Crippen LogP contribution in [0.1, 0.15) is 32.8 Å². The lowest BCUT2D eigenvalue weighted by molar-refractivity contribution is -0.138. The minimum absolute atomic E-state index is 0.00932. The Morgan fingerprint density at radius 3 is 2.46 bits per heavy atom. The second-order valence-corrected chi connectivity index (χ2v) is 7.28. The zero-order valence-corrected chi connectivity index (χ0v) is 16.2. The molecular formula is C19H25N3O6. The molecule has 1 aliphatic heterocycles. The number of amides is 4. The quantitative estimate of drug-likeness (QED) is 0.712. The molecule has 2 rings (SSSR count). The van der Waals surface area contributed by atoms with Crippen molar-refractivity contribution in [3.8, 4) is 0 Å². The molecule has 0 aromatic heterocycles. The number of likely N-dealkylation sites (tertiary alicyclic amines) is 1. The summed E-state index contributed by atoms with van der Waals surface area (Å²) in [6.45, 7) is 5.25. The topological polar surface area (TPSA) is 114 Å². The van der Waals surface area contributed by atoms with Crippen LogP contribution in [0.5, 0.6) is 0 Å². The maximum atomic E-state index is 12.3. The van der Waals surface area contributed by atoms with E-state index in [2.05, 4.69) is 10.6 Å². The van der Waals surface area contributed by atoms with Gasteiger partial charge in [-0.2, -0.15) is 0 Å². The van der Waals surface area contributed by atoms with E-state index < -0.39 is 35.6 Å². The van der Waals surface area contributed by atoms with Gasteiger partial charge in [-0.05, 0) is 26.3 Å². The zero-order valence-electron chi connectivity index (χ0n) is 16.2. The fraction of sp³-hybridized carbons (Fsp3) is 0.474. The number of hydrogen-bond acceptors (Lipinski definition) is 6. The van der Waals surface area contributed by atoms with Gasteiger partial charge in [0.15, 0.2) is 0 Å². The van der Waals surface area contributed by atoms with Crippen LogP contribution in [0.4, 0.5) is 9.59 Å². The summed E-state index contributed by atoms with van der Waals surface area (Å²) in [6.07, 6.45) is -1.55. The van der Waals surface area contributed by atoms with Crippen LogP contribution in [-0.4, -0.2) is 53.6 Å². The van der Waals surface area contributed by atoms with E-state index in [0.29, 0.717) is 0 Å². The maximum Gasteiger partial charge on any atom is 0.408 e. The number of carbonyl (C=O) groups is 4. The van der Waals surface area contributed by atoms with Crippen molar-refractivity contribution in [2.75, 3.05) is 13.1 Å². The predicted molar refractivity (Wildman–Crippen MR) is 99.1 cm³/mol. The third kappa shape index (κ3) is 6.57. The number of nitrogens with zero attached hydrogens (tertiary/aromatic N) is 1. The summed E-state index contributed by atoms with van der Waals surface area (Å²) < 4.78 is 10.1. The number of ether oxygens (including phenoxy) is 2. The molecule has 1 aromatic rings. The van der Waals surface area contributed by atoms with Crippen LogP contribution in [0.3, 0.4) is 0 Å². The van der Waals surface area contributed by atoms with E-state index in [4.69, 9.17) is 9.47 Å². The largest absolute Gasteiger partial charge is 0.445 e. The highest BCUT2D eigenvalue weighted by Gasteiger charge is 2.39. The van der Waals surface area contributed by atoms with Crippen molar-refractivity contribution in [3.63, 3.8) is 0 Å². The van der Waals surface area contributed by atoms with E-state index in [1.807, 2.05) is 30.3 Å². The molecule has 1 unspecified atom stereocenters. The molecule has 0 bridgehead atoms. The lowest BCUT2D eigenvalue weighted by Gasteiger charge is -2.21. The normalized spacial score (nSPS) is 16.7. The highest BCUT2D eigenvalue weighted by Crippen LogP contribution is 2.14. The van der Waals surface area contributed by atoms with Gasteiger partial charge >= 0.3 is 12.2 Å². The van der Waals surface area contributed by atoms with Crippen LogP contribution >= 0.6 is 0 Å². The molecule has 1 fully saturated rings. The van der Waals surface area contributed by atoms with E-state index in [0.717, 1.165) is 10.5 Å². The van der Waals surface area contributed by atoms with Gasteiger partial charge in [-0.1, -0.05) is 30.3 Å². The zero-order chi connectivity index (χ0) is 20.7. The Labute approximate surface area is 163 Å². The molecule has 1 aliphatic rings. The van der Waals surface area contributed by atoms with Crippen molar-refractivity contribution in [1.82, 2.24) is 15.5 Å². The molecule has 2 N–H and O–H groups in total. The van der Waals surface area contributed by atoms with E-state index in [-0.39, 0.29) is 26.1 Å². The Kier molecular flexibility index (Phi) is 6.97. The van der Waals surface area contributed by atoms with Crippen LogP contribution < -0.4 is 10.6 Å². The predicted octanol–water partition coefficient (Wildman–Crippen LogP) is 1.56. The number of nitrogens with one attached hydrogen (secondary N) is 2. The molecule has 152 valence electrons. The Bertz CT molecular complexity index is 729. The summed E-state index contributed by atoms with van der Waals surface area (Å²) in [5.41, 5.74) is 0.137. The average molecular weight is 391 g/mol. The Morgan fingerprint density at radius 1 is 1.14 bits per heavy atom. The van der Waals surface area contributed by atoms with Crippen LogP contribution in [0.25, 0.3) is 0 Å². The maximum absolute atomic E-state index is 12.3. The van der Waals surface area contributed by atoms with Crippen LogP contribution in [0.15, 0.2) is 30.3 Å². The van der Waals surface area contributed by atoms with Crippen molar-refractivity contribution in [2.45, 2.75) is 45.4 Å². The monoisotopic (exact) mass is 391 g/mol. The smallest absolute Gasteiger partial charge is 0.408 e. The molecule has 9 nitrogen and oxygen atoms in total. The van der Waals surface area contributed by atoms with E-state index in [1.54, 1.807) is 20.8 Å². The van der Waals surface area contributed by atoms with Crippen LogP contribution in [0.2, 0.25) is 0 Å². The number of carbonyl (C=O) groups excluding carboxylic acids is 4. The molecule has 1 heterocycles. The highest BCUT2D eigenvalue weighted by molar-refractivity contribution is 6.06. The first-order valence-corrected chi connectivity index (χ1v) is 8.94. The summed E-state index contributed by atoms with van der Waals surface area (Å²) >= 11 is 0. The Hall–Kier alpha value is -3.10. The second kappa shape index (κ2) is 9.20. The van der Waals surface area contributed by atoms with Gasteiger partial charge in [0, 0.05) is 13.1 Å². The molecular weight excluding hydrogens is 366 g/mol. The van der Waals surface area contributed by atoms with Gasteiger partial charge in [0.1, 0.15) is 18.2 Å². The van der Waals surface area contributed by atoms with E-state index >= 15 is 0 Å². The lowest BCUT2D eigenvalue weighted by atomic mass is 10.2. The second-order valence-electron chi connectivity index (χ2n) is 7.28. The minimum atomic E-state index is -0.965. The molecule has 0 aliphatic carbocycles. The van der Waals surface area contributed by atoms with Crippen LogP contribution in [-0.2, 0) is 25.7 Å². The van der Waals surface area contributed by atoms with Gasteiger partial charge in [-0.25, -0.2) is 9.59 Å². The van der Waals surface area contributed by atoms with Gasteiger partial charge in [0.25, 0.3) is 5.91 Å². The number of rotatable bonds is 6. The molecule has 1 aromatic carbocycles. The van der Waals surface area contributed by atoms with Gasteiger partial charge in [0.2, 0.25) is 5.91 Å². The standard InChI is InChI=1S/C19H25N3O6/c1-19(2,3)28-18(26)21-14-11-15(23)22(16(14)24)10-9-20-17(25)27-12-13-7-5-4-6-8-13/h4-8,14H,9-12H2,1-3H3,(H,20,25)(H,21,26). The van der Waals surface area contributed by atoms with Gasteiger partial charge < -0.3 is 20.1 Å². The molecule has 0 saturated carbocycles. The molecule has 28 heavy (non-hydrogen) atoms. The number of hydrogen-bond donors (Lipinski definition) is 2. The summed E-state index contributed by atoms with van der Waals surface area (Å²) in [5, 5.41) is 4.89. The lowest BCUT2D eigenvalue weighted by Crippen LogP contribution is -2.45. The first-order valence-electron chi connectivity index (χ1n) is 8.94. The highest BCUT2D eigenvalue weighted by atomic mass is 16.6. The first-order chi connectivity index (χ1) is 13.2. The number of benzene rings is 1. The fourth-order valence-corrected chi connectivity index (χ4v) is 2.52. The summed E-state index contributed by atoms with van der Waals surface area (Å²) in [7, 11) is 0. The van der Waals surface area contributed by atoms with E-state index in [9.17, 15) is 19.2 Å². The van der Waals surface area contributed by atoms with Crippen molar-refractivity contribution in [1.29, 1.82) is 0 Å². The summed E-state index contributed by atoms with van der Waals surface area (Å²) in [6, 6.07) is 8.22. The SMILES string of the molecule is CC(C)(C)OC(=O)NC1CC(=O)N(CCNC(=O)OCc2ccccc2)C1=O. The fourth-order valence-electron chi connectivity index (χ4n) is 2.52. The van der Waals surface area contributed by atoms with Gasteiger partial charge in [-0.3, -0.25) is 14.5 Å². The summed E-state index contributed by atoms with van der Waals surface area (Å²) in [5.74, 6) is -0.958. The molecule has 0 radical (unpaired) electrons. The van der Waals surface area contributed by atoms with Crippen molar-refractivity contribution >= 4 is 24.0 Å². The first kappa shape index (κ1) is 21.2. The van der Waals surface area contributed by atoms with Gasteiger partial charge in [-0.15, -0.1) is 0 Å². The number of imide groups is 1. The van der Waals surface area contributed by atoms with Crippen LogP contribution in [0, 0.1) is 0 Å². The van der Waals surface area contributed by atoms with Crippen molar-refractivity contribution < 1.29 is 28.7 Å². The molecule has 1 saturated heterocycles. The van der Waals surface area contributed by atoms with E-state index in [1.165, 1.54) is 0 Å². The van der Waals surface area contributed by atoms with Crippen molar-refractivity contribution in [3.05, 3.63) is 35.9 Å². The molecule has 4 amide bonds. The average Bonchev–Trinajstić information content (AvgIpc) is 2.86. The minimum Gasteiger partial charge on any atom is -0.445 e. The molecule has 0 spiro atoms. The third-order valence-corrected chi connectivity index (χ3v) is 3.75. The third-order valence-electron chi connectivity index (χ3n) is 3.75. The van der Waals surface area contributed by atoms with Gasteiger partial charge in [0.05, 0.1) is 6.42 Å². The van der Waals surface area contributed by atoms with Crippen molar-refractivity contribution in [2.24, 2.45) is 0 Å².